The molecule has 0 bridgehead atoms. The molecule has 44 valence electrons. The summed E-state index contributed by atoms with van der Waals surface area (Å²) in [5.41, 5.74) is 2.03. The highest BCUT2D eigenvalue weighted by molar-refractivity contribution is 5.48. The lowest BCUT2D eigenvalue weighted by Crippen LogP contribution is -1.92. The third-order valence-corrected chi connectivity index (χ3v) is 3.85. The second-order valence-electron chi connectivity index (χ2n) is 4.00. The molecule has 3 saturated carbocycles. The molecule has 0 aromatic heterocycles. The van der Waals surface area contributed by atoms with Gasteiger partial charge in [0, 0.05) is 0 Å². The van der Waals surface area contributed by atoms with Crippen molar-refractivity contribution in [2.75, 3.05) is 0 Å². The maximum atomic E-state index is 2.32. The van der Waals surface area contributed by atoms with E-state index in [2.05, 4.69) is 6.92 Å². The lowest BCUT2D eigenvalue weighted by atomic mass is 10.0. The molecule has 0 saturated heterocycles. The smallest absolute Gasteiger partial charge is 0.0195 e. The molecule has 1 spiro atoms. The molecule has 0 radical (unpaired) electrons. The summed E-state index contributed by atoms with van der Waals surface area (Å²) in [6.45, 7) is 2.32. The van der Waals surface area contributed by atoms with E-state index in [1.807, 2.05) is 0 Å². The van der Waals surface area contributed by atoms with Crippen molar-refractivity contribution in [1.82, 2.24) is 0 Å². The van der Waals surface area contributed by atoms with Gasteiger partial charge in [-0.25, -0.2) is 0 Å². The van der Waals surface area contributed by atoms with Crippen LogP contribution in [-0.4, -0.2) is 0 Å². The summed E-state index contributed by atoms with van der Waals surface area (Å²) in [5, 5.41) is 0. The van der Waals surface area contributed by atoms with E-state index in [4.69, 9.17) is 0 Å². The summed E-state index contributed by atoms with van der Waals surface area (Å²) in [7, 11) is 0. The molecule has 0 aliphatic heterocycles. The highest BCUT2D eigenvalue weighted by Gasteiger charge is 3.00. The number of fused-ring (bicyclic) bond motifs is 1. The summed E-state index contributed by atoms with van der Waals surface area (Å²) < 4.78 is 0. The quantitative estimate of drug-likeness (QED) is 0.508. The fourth-order valence-corrected chi connectivity index (χ4v) is 3.08. The van der Waals surface area contributed by atoms with E-state index >= 15 is 0 Å². The van der Waals surface area contributed by atoms with Crippen molar-refractivity contribution in [1.29, 1.82) is 0 Å². The Kier molecular flexibility index (Phi) is 0.342. The molecule has 0 aromatic carbocycles. The Morgan fingerprint density at radius 3 is 2.50 bits per heavy atom. The van der Waals surface area contributed by atoms with Gasteiger partial charge in [-0.2, -0.15) is 0 Å². The summed E-state index contributed by atoms with van der Waals surface area (Å²) in [4.78, 5) is 0. The number of rotatable bonds is 2. The van der Waals surface area contributed by atoms with E-state index in [1.54, 1.807) is 19.3 Å². The van der Waals surface area contributed by atoms with Gasteiger partial charge in [0.25, 0.3) is 0 Å². The summed E-state index contributed by atoms with van der Waals surface area (Å²) in [6.07, 6.45) is 6.22. The summed E-state index contributed by atoms with van der Waals surface area (Å²) in [6, 6.07) is 0. The standard InChI is InChI=1S/C8H12/c1-2-3-7-5-8(7)4-6(7)8/h6H,2-5H2,1H3. The monoisotopic (exact) mass is 108 g/mol. The predicted molar refractivity (Wildman–Crippen MR) is 32.5 cm³/mol. The minimum atomic E-state index is 1.00. The zero-order chi connectivity index (χ0) is 5.41. The molecular weight excluding hydrogens is 96.1 g/mol. The fourth-order valence-electron chi connectivity index (χ4n) is 3.08. The molecule has 3 aliphatic rings. The lowest BCUT2D eigenvalue weighted by Gasteiger charge is -2.01. The normalized spacial score (nSPS) is 70.9. The van der Waals surface area contributed by atoms with Gasteiger partial charge < -0.3 is 0 Å². The molecule has 3 unspecified atom stereocenters. The third-order valence-electron chi connectivity index (χ3n) is 3.85. The third kappa shape index (κ3) is 0.167. The maximum absolute atomic E-state index is 2.32. The second kappa shape index (κ2) is 0.698. The van der Waals surface area contributed by atoms with E-state index in [0.29, 0.717) is 0 Å². The van der Waals surface area contributed by atoms with Crippen molar-refractivity contribution >= 4 is 0 Å². The molecule has 3 atom stereocenters. The van der Waals surface area contributed by atoms with Crippen LogP contribution >= 0.6 is 0 Å². The van der Waals surface area contributed by atoms with Crippen molar-refractivity contribution in [3.05, 3.63) is 0 Å². The van der Waals surface area contributed by atoms with Crippen molar-refractivity contribution in [3.63, 3.8) is 0 Å². The minimum Gasteiger partial charge on any atom is -0.0654 e. The maximum Gasteiger partial charge on any atom is -0.0195 e. The largest absolute Gasteiger partial charge is 0.0654 e. The molecule has 0 amide bonds. The van der Waals surface area contributed by atoms with Crippen molar-refractivity contribution in [3.8, 4) is 0 Å². The summed E-state index contributed by atoms with van der Waals surface area (Å²) >= 11 is 0. The lowest BCUT2D eigenvalue weighted by molar-refractivity contribution is 0.485. The fraction of sp³-hybridized carbons (Fsp3) is 1.00. The van der Waals surface area contributed by atoms with Crippen LogP contribution in [0, 0.1) is 16.7 Å². The molecule has 8 heavy (non-hydrogen) atoms. The number of hydrogen-bond acceptors (Lipinski definition) is 0. The van der Waals surface area contributed by atoms with E-state index in [0.717, 1.165) is 10.8 Å². The molecule has 0 N–H and O–H groups in total. The molecular formula is C8H12. The van der Waals surface area contributed by atoms with Crippen molar-refractivity contribution in [2.24, 2.45) is 16.7 Å². The van der Waals surface area contributed by atoms with Gasteiger partial charge in [0.1, 0.15) is 0 Å². The highest BCUT2D eigenvalue weighted by atomic mass is 15.0. The van der Waals surface area contributed by atoms with Gasteiger partial charge in [0.15, 0.2) is 0 Å². The van der Waals surface area contributed by atoms with Crippen LogP contribution in [0.3, 0.4) is 0 Å². The van der Waals surface area contributed by atoms with Crippen LogP contribution in [0.5, 0.6) is 0 Å². The first-order valence-corrected chi connectivity index (χ1v) is 3.86. The van der Waals surface area contributed by atoms with Gasteiger partial charge in [0.05, 0.1) is 0 Å². The van der Waals surface area contributed by atoms with Gasteiger partial charge in [-0.15, -0.1) is 0 Å². The van der Waals surface area contributed by atoms with Crippen LogP contribution in [-0.2, 0) is 0 Å². The zero-order valence-electron chi connectivity index (χ0n) is 5.41. The van der Waals surface area contributed by atoms with Gasteiger partial charge in [0.2, 0.25) is 0 Å². The molecule has 0 heteroatoms. The van der Waals surface area contributed by atoms with Gasteiger partial charge in [-0.3, -0.25) is 0 Å². The minimum absolute atomic E-state index is 1.00. The van der Waals surface area contributed by atoms with Crippen LogP contribution in [0.2, 0.25) is 0 Å². The van der Waals surface area contributed by atoms with Gasteiger partial charge >= 0.3 is 0 Å². The van der Waals surface area contributed by atoms with E-state index in [-0.39, 0.29) is 0 Å². The first kappa shape index (κ1) is 3.92. The Bertz CT molecular complexity index is 161. The molecule has 0 aromatic rings. The Morgan fingerprint density at radius 1 is 1.62 bits per heavy atom. The Balaban J connectivity index is 1.79. The van der Waals surface area contributed by atoms with Crippen molar-refractivity contribution < 1.29 is 0 Å². The predicted octanol–water partition coefficient (Wildman–Crippen LogP) is 2.20. The van der Waals surface area contributed by atoms with Gasteiger partial charge in [-0.05, 0) is 36.0 Å². The molecule has 3 fully saturated rings. The average molecular weight is 108 g/mol. The zero-order valence-corrected chi connectivity index (χ0v) is 5.41. The number of hydrogen-bond donors (Lipinski definition) is 0. The highest BCUT2D eigenvalue weighted by Crippen LogP contribution is 3.07. The van der Waals surface area contributed by atoms with E-state index in [9.17, 15) is 0 Å². The van der Waals surface area contributed by atoms with Crippen LogP contribution in [0.4, 0.5) is 0 Å². The van der Waals surface area contributed by atoms with Crippen LogP contribution in [0.15, 0.2) is 0 Å². The topological polar surface area (TPSA) is 0 Å². The van der Waals surface area contributed by atoms with E-state index < -0.39 is 0 Å². The Labute approximate surface area is 50.3 Å². The first-order chi connectivity index (χ1) is 3.86. The van der Waals surface area contributed by atoms with Crippen LogP contribution < -0.4 is 0 Å². The first-order valence-electron chi connectivity index (χ1n) is 3.86. The Hall–Kier alpha value is 0. The second-order valence-corrected chi connectivity index (χ2v) is 4.00. The molecule has 3 rings (SSSR count). The van der Waals surface area contributed by atoms with E-state index in [1.165, 1.54) is 12.3 Å². The molecule has 3 aliphatic carbocycles. The molecule has 0 nitrogen and oxygen atoms in total. The van der Waals surface area contributed by atoms with Gasteiger partial charge in [-0.1, -0.05) is 13.3 Å². The van der Waals surface area contributed by atoms with Crippen LogP contribution in [0.25, 0.3) is 0 Å². The SMILES string of the molecule is CCCC12CC13CC23. The average Bonchev–Trinajstić information content (AvgIpc) is 2.57. The molecule has 0 heterocycles. The Morgan fingerprint density at radius 2 is 2.38 bits per heavy atom. The summed E-state index contributed by atoms with van der Waals surface area (Å²) in [5.74, 6) is 1.26. The van der Waals surface area contributed by atoms with Crippen molar-refractivity contribution in [2.45, 2.75) is 32.6 Å². The van der Waals surface area contributed by atoms with Crippen LogP contribution in [0.1, 0.15) is 32.6 Å².